The predicted molar refractivity (Wildman–Crippen MR) is 103 cm³/mol. The molecule has 1 amide bonds. The zero-order valence-corrected chi connectivity index (χ0v) is 16.0. The smallest absolute Gasteiger partial charge is 0.341 e. The van der Waals surface area contributed by atoms with Crippen LogP contribution in [0, 0.1) is 11.3 Å². The lowest BCUT2D eigenvalue weighted by Crippen LogP contribution is -2.16. The van der Waals surface area contributed by atoms with Gasteiger partial charge in [0.05, 0.1) is 12.2 Å². The first-order chi connectivity index (χ1) is 12.6. The highest BCUT2D eigenvalue weighted by atomic mass is 32.1. The predicted octanol–water partition coefficient (Wildman–Crippen LogP) is 4.41. The van der Waals surface area contributed by atoms with Crippen LogP contribution in [-0.2, 0) is 22.4 Å². The summed E-state index contributed by atoms with van der Waals surface area (Å²) in [5.41, 5.74) is 2.24. The molecule has 0 bridgehead atoms. The summed E-state index contributed by atoms with van der Waals surface area (Å²) in [5.74, 6) is -0.926. The number of carbonyl (C=O) groups is 2. The number of hydrogen-bond acceptors (Lipinski definition) is 6. The molecule has 0 spiro atoms. The van der Waals surface area contributed by atoms with Gasteiger partial charge in [0.15, 0.2) is 0 Å². The number of carbonyl (C=O) groups excluding carboxylic acids is 2. The van der Waals surface area contributed by atoms with Crippen LogP contribution in [0.3, 0.4) is 0 Å². The Morgan fingerprint density at radius 3 is 2.88 bits per heavy atom. The van der Waals surface area contributed by atoms with E-state index < -0.39 is 11.9 Å². The Kier molecular flexibility index (Phi) is 5.86. The molecule has 26 heavy (non-hydrogen) atoms. The highest BCUT2D eigenvalue weighted by molar-refractivity contribution is 7.17. The quantitative estimate of drug-likeness (QED) is 0.469. The van der Waals surface area contributed by atoms with E-state index in [1.807, 2.05) is 22.9 Å². The van der Waals surface area contributed by atoms with E-state index in [1.54, 1.807) is 13.0 Å². The lowest BCUT2D eigenvalue weighted by atomic mass is 9.95. The molecule has 1 aliphatic carbocycles. The minimum absolute atomic E-state index is 0.00424. The zero-order chi connectivity index (χ0) is 18.5. The minimum Gasteiger partial charge on any atom is -0.462 e. The molecule has 0 saturated carbocycles. The topological polar surface area (TPSA) is 79.2 Å². The maximum Gasteiger partial charge on any atom is 0.341 e. The van der Waals surface area contributed by atoms with E-state index >= 15 is 0 Å². The van der Waals surface area contributed by atoms with Gasteiger partial charge in [-0.3, -0.25) is 4.79 Å². The average Bonchev–Trinajstić information content (AvgIpc) is 3.26. The molecular weight excluding hydrogens is 368 g/mol. The Balaban J connectivity index is 1.91. The number of ether oxygens (including phenoxy) is 1. The maximum absolute atomic E-state index is 12.6. The normalized spacial score (nSPS) is 13.6. The number of nitrogens with one attached hydrogen (secondary N) is 1. The molecule has 0 unspecified atom stereocenters. The molecule has 2 aromatic heterocycles. The number of nitriles is 1. The fraction of sp³-hybridized carbons (Fsp3) is 0.316. The fourth-order valence-electron chi connectivity index (χ4n) is 2.92. The third-order valence-electron chi connectivity index (χ3n) is 4.10. The molecule has 3 rings (SSSR count). The van der Waals surface area contributed by atoms with Crippen LogP contribution in [0.4, 0.5) is 5.00 Å². The summed E-state index contributed by atoms with van der Waals surface area (Å²) in [7, 11) is 0. The standard InChI is InChI=1S/C19H18N2O3S2/c1-2-24-19(23)16-14-5-3-4-6-15(14)26-18(16)21-17(22)13(10-20)9-12-7-8-25-11-12/h7-9,11H,2-6H2,1H3,(H,21,22)/b13-9+. The van der Waals surface area contributed by atoms with E-state index in [-0.39, 0.29) is 12.2 Å². The Morgan fingerprint density at radius 1 is 1.38 bits per heavy atom. The molecule has 0 radical (unpaired) electrons. The molecule has 0 fully saturated rings. The Morgan fingerprint density at radius 2 is 2.19 bits per heavy atom. The Bertz CT molecular complexity index is 889. The molecule has 0 atom stereocenters. The monoisotopic (exact) mass is 386 g/mol. The summed E-state index contributed by atoms with van der Waals surface area (Å²) in [4.78, 5) is 26.1. The van der Waals surface area contributed by atoms with Crippen LogP contribution < -0.4 is 5.32 Å². The van der Waals surface area contributed by atoms with Crippen molar-refractivity contribution < 1.29 is 14.3 Å². The molecule has 0 aromatic carbocycles. The molecule has 1 aliphatic rings. The van der Waals surface area contributed by atoms with E-state index in [0.717, 1.165) is 41.7 Å². The van der Waals surface area contributed by atoms with E-state index in [4.69, 9.17) is 4.74 Å². The molecule has 7 heteroatoms. The number of anilines is 1. The first kappa shape index (κ1) is 18.4. The summed E-state index contributed by atoms with van der Waals surface area (Å²) < 4.78 is 5.18. The van der Waals surface area contributed by atoms with Crippen molar-refractivity contribution in [1.29, 1.82) is 5.26 Å². The second kappa shape index (κ2) is 8.30. The zero-order valence-electron chi connectivity index (χ0n) is 14.3. The van der Waals surface area contributed by atoms with Crippen molar-refractivity contribution in [1.82, 2.24) is 0 Å². The van der Waals surface area contributed by atoms with Gasteiger partial charge in [-0.25, -0.2) is 4.79 Å². The third-order valence-corrected chi connectivity index (χ3v) is 6.01. The van der Waals surface area contributed by atoms with Crippen LogP contribution in [0.5, 0.6) is 0 Å². The van der Waals surface area contributed by atoms with Gasteiger partial charge in [0, 0.05) is 4.88 Å². The van der Waals surface area contributed by atoms with Crippen LogP contribution >= 0.6 is 22.7 Å². The van der Waals surface area contributed by atoms with Gasteiger partial charge in [0.1, 0.15) is 16.6 Å². The van der Waals surface area contributed by atoms with Gasteiger partial charge < -0.3 is 10.1 Å². The number of amides is 1. The number of aryl methyl sites for hydroxylation is 1. The van der Waals surface area contributed by atoms with E-state index in [1.165, 1.54) is 22.7 Å². The number of fused-ring (bicyclic) bond motifs is 1. The van der Waals surface area contributed by atoms with Crippen LogP contribution in [-0.4, -0.2) is 18.5 Å². The van der Waals surface area contributed by atoms with Crippen molar-refractivity contribution in [2.45, 2.75) is 32.6 Å². The van der Waals surface area contributed by atoms with Crippen molar-refractivity contribution in [3.05, 3.63) is 44.0 Å². The SMILES string of the molecule is CCOC(=O)c1c(NC(=O)/C(C#N)=C/c2ccsc2)sc2c1CCCC2. The maximum atomic E-state index is 12.6. The summed E-state index contributed by atoms with van der Waals surface area (Å²) in [5, 5.41) is 16.3. The van der Waals surface area contributed by atoms with Crippen LogP contribution in [0.25, 0.3) is 6.08 Å². The fourth-order valence-corrected chi connectivity index (χ4v) is 4.81. The van der Waals surface area contributed by atoms with Gasteiger partial charge >= 0.3 is 5.97 Å². The van der Waals surface area contributed by atoms with Gasteiger partial charge in [0.25, 0.3) is 5.91 Å². The number of nitrogens with zero attached hydrogens (tertiary/aromatic N) is 1. The largest absolute Gasteiger partial charge is 0.462 e. The highest BCUT2D eigenvalue weighted by Gasteiger charge is 2.27. The van der Waals surface area contributed by atoms with Crippen molar-refractivity contribution in [3.63, 3.8) is 0 Å². The van der Waals surface area contributed by atoms with Gasteiger partial charge in [-0.15, -0.1) is 11.3 Å². The van der Waals surface area contributed by atoms with Gasteiger partial charge in [-0.1, -0.05) is 0 Å². The van der Waals surface area contributed by atoms with Crippen molar-refractivity contribution in [2.24, 2.45) is 0 Å². The average molecular weight is 386 g/mol. The first-order valence-corrected chi connectivity index (χ1v) is 10.2. The Labute approximate surface area is 159 Å². The Hall–Kier alpha value is -2.43. The molecule has 2 heterocycles. The van der Waals surface area contributed by atoms with Gasteiger partial charge in [-0.2, -0.15) is 16.6 Å². The molecule has 2 aromatic rings. The summed E-state index contributed by atoms with van der Waals surface area (Å²) in [6.45, 7) is 2.03. The summed E-state index contributed by atoms with van der Waals surface area (Å²) in [6.07, 6.45) is 5.35. The van der Waals surface area contributed by atoms with Crippen molar-refractivity contribution in [3.8, 4) is 6.07 Å². The molecule has 0 saturated heterocycles. The van der Waals surface area contributed by atoms with E-state index in [9.17, 15) is 14.9 Å². The summed E-state index contributed by atoms with van der Waals surface area (Å²) in [6, 6.07) is 3.77. The second-order valence-electron chi connectivity index (χ2n) is 5.82. The van der Waals surface area contributed by atoms with E-state index in [2.05, 4.69) is 5.32 Å². The first-order valence-electron chi connectivity index (χ1n) is 8.41. The molecular formula is C19H18N2O3S2. The van der Waals surface area contributed by atoms with E-state index in [0.29, 0.717) is 10.6 Å². The minimum atomic E-state index is -0.511. The lowest BCUT2D eigenvalue weighted by Gasteiger charge is -2.12. The molecule has 5 nitrogen and oxygen atoms in total. The van der Waals surface area contributed by atoms with Crippen LogP contribution in [0.15, 0.2) is 22.4 Å². The van der Waals surface area contributed by atoms with Crippen molar-refractivity contribution >= 4 is 45.6 Å². The van der Waals surface area contributed by atoms with Crippen molar-refractivity contribution in [2.75, 3.05) is 11.9 Å². The summed E-state index contributed by atoms with van der Waals surface area (Å²) >= 11 is 2.91. The van der Waals surface area contributed by atoms with Gasteiger partial charge in [0.2, 0.25) is 0 Å². The lowest BCUT2D eigenvalue weighted by molar-refractivity contribution is -0.112. The number of esters is 1. The van der Waals surface area contributed by atoms with Crippen LogP contribution in [0.1, 0.15) is 46.1 Å². The van der Waals surface area contributed by atoms with Crippen LogP contribution in [0.2, 0.25) is 0 Å². The van der Waals surface area contributed by atoms with Gasteiger partial charge in [-0.05, 0) is 66.6 Å². The second-order valence-corrected chi connectivity index (χ2v) is 7.70. The third kappa shape index (κ3) is 3.87. The molecule has 134 valence electrons. The number of hydrogen-bond donors (Lipinski definition) is 1. The number of thiophene rings is 2. The molecule has 1 N–H and O–H groups in total. The number of rotatable bonds is 5. The molecule has 0 aliphatic heterocycles. The highest BCUT2D eigenvalue weighted by Crippen LogP contribution is 2.38.